The van der Waals surface area contributed by atoms with Crippen LogP contribution in [0, 0.1) is 15.9 Å². The summed E-state index contributed by atoms with van der Waals surface area (Å²) in [4.78, 5) is 22.1. The molecule has 0 radical (unpaired) electrons. The van der Waals surface area contributed by atoms with Gasteiger partial charge in [0.25, 0.3) is 11.6 Å². The lowest BCUT2D eigenvalue weighted by molar-refractivity contribution is -0.384. The average molecular weight is 390 g/mol. The van der Waals surface area contributed by atoms with Crippen LogP contribution in [0.1, 0.15) is 10.4 Å². The molecule has 27 heavy (non-hydrogen) atoms. The average Bonchev–Trinajstić information content (AvgIpc) is 2.59. The number of hydrogen-bond acceptors (Lipinski definition) is 4. The molecule has 144 valence electrons. The molecule has 6 nitrogen and oxygen atoms in total. The van der Waals surface area contributed by atoms with Crippen molar-refractivity contribution < 1.29 is 36.4 Å². The van der Waals surface area contributed by atoms with Crippen LogP contribution in [0.2, 0.25) is 0 Å². The molecule has 0 spiro atoms. The molecule has 0 aliphatic heterocycles. The highest BCUT2D eigenvalue weighted by atomic mass is 19.3. The maximum absolute atomic E-state index is 13.2. The van der Waals surface area contributed by atoms with Gasteiger partial charge in [-0.05, 0) is 18.2 Å². The van der Waals surface area contributed by atoms with Crippen molar-refractivity contribution in [3.05, 3.63) is 64.0 Å². The van der Waals surface area contributed by atoms with E-state index in [2.05, 4.69) is 10.1 Å². The molecule has 0 atom stereocenters. The molecule has 0 unspecified atom stereocenters. The van der Waals surface area contributed by atoms with Gasteiger partial charge in [-0.3, -0.25) is 14.9 Å². The molecule has 11 heteroatoms. The second-order valence-corrected chi connectivity index (χ2v) is 5.29. The van der Waals surface area contributed by atoms with Crippen LogP contribution in [-0.4, -0.2) is 29.8 Å². The van der Waals surface area contributed by atoms with Crippen LogP contribution in [0.3, 0.4) is 0 Å². The van der Waals surface area contributed by atoms with Crippen LogP contribution >= 0.6 is 0 Å². The Bertz CT molecular complexity index is 860. The fourth-order valence-corrected chi connectivity index (χ4v) is 1.92. The first-order chi connectivity index (χ1) is 12.6. The predicted octanol–water partition coefficient (Wildman–Crippen LogP) is 4.27. The maximum atomic E-state index is 13.2. The van der Waals surface area contributed by atoms with Gasteiger partial charge in [-0.15, -0.1) is 0 Å². The van der Waals surface area contributed by atoms with Crippen molar-refractivity contribution in [1.82, 2.24) is 0 Å². The third kappa shape index (κ3) is 5.36. The number of benzene rings is 2. The molecule has 0 saturated heterocycles. The highest BCUT2D eigenvalue weighted by molar-refractivity contribution is 6.04. The number of rotatable bonds is 7. The lowest BCUT2D eigenvalue weighted by Crippen LogP contribution is -2.33. The van der Waals surface area contributed by atoms with E-state index in [1.165, 1.54) is 12.1 Å². The van der Waals surface area contributed by atoms with E-state index in [1.807, 2.05) is 0 Å². The number of ether oxygens (including phenoxy) is 1. The molecule has 0 bridgehead atoms. The van der Waals surface area contributed by atoms with Gasteiger partial charge >= 0.3 is 12.3 Å². The number of carbonyl (C=O) groups is 1. The van der Waals surface area contributed by atoms with Crippen molar-refractivity contribution in [2.45, 2.75) is 12.3 Å². The number of nitrogens with zero attached hydrogens (tertiary/aromatic N) is 1. The Morgan fingerprint density at radius 1 is 1.22 bits per heavy atom. The summed E-state index contributed by atoms with van der Waals surface area (Å²) < 4.78 is 67.9. The highest BCUT2D eigenvalue weighted by Gasteiger charge is 2.41. The van der Waals surface area contributed by atoms with Crippen molar-refractivity contribution in [3.8, 4) is 5.75 Å². The Hall–Kier alpha value is -3.24. The number of nitrogens with one attached hydrogen (secondary N) is 1. The van der Waals surface area contributed by atoms with Gasteiger partial charge in [0.2, 0.25) is 0 Å². The van der Waals surface area contributed by atoms with Gasteiger partial charge in [0.1, 0.15) is 11.6 Å². The zero-order valence-corrected chi connectivity index (χ0v) is 13.3. The minimum atomic E-state index is -4.46. The summed E-state index contributed by atoms with van der Waals surface area (Å²) in [5.41, 5.74) is -0.968. The zero-order chi connectivity index (χ0) is 20.2. The van der Waals surface area contributed by atoms with Crippen molar-refractivity contribution in [2.24, 2.45) is 0 Å². The molecule has 0 saturated carbocycles. The Morgan fingerprint density at radius 3 is 2.52 bits per heavy atom. The first-order valence-electron chi connectivity index (χ1n) is 7.23. The van der Waals surface area contributed by atoms with Crippen molar-refractivity contribution in [1.29, 1.82) is 0 Å². The van der Waals surface area contributed by atoms with Crippen molar-refractivity contribution in [3.63, 3.8) is 0 Å². The number of carbonyl (C=O) groups excluding carboxylic acids is 1. The van der Waals surface area contributed by atoms with Gasteiger partial charge < -0.3 is 10.1 Å². The van der Waals surface area contributed by atoms with Crippen LogP contribution in [0.4, 0.5) is 33.3 Å². The highest BCUT2D eigenvalue weighted by Crippen LogP contribution is 2.29. The van der Waals surface area contributed by atoms with Crippen molar-refractivity contribution in [2.75, 3.05) is 11.9 Å². The molecule has 0 aliphatic rings. The van der Waals surface area contributed by atoms with Crippen molar-refractivity contribution >= 4 is 17.3 Å². The normalized spacial score (nSPS) is 11.3. The number of nitro benzene ring substituents is 1. The first-order valence-corrected chi connectivity index (χ1v) is 7.23. The predicted molar refractivity (Wildman–Crippen MR) is 83.9 cm³/mol. The molecule has 1 amide bonds. The van der Waals surface area contributed by atoms with E-state index in [0.717, 1.165) is 30.3 Å². The maximum Gasteiger partial charge on any atom is 0.340 e. The van der Waals surface area contributed by atoms with Gasteiger partial charge in [-0.2, -0.15) is 8.78 Å². The molecule has 2 aromatic rings. The van der Waals surface area contributed by atoms with E-state index >= 15 is 0 Å². The smallest absolute Gasteiger partial charge is 0.340 e. The number of anilines is 1. The molecule has 2 aromatic carbocycles. The minimum absolute atomic E-state index is 0.104. The Kier molecular flexibility index (Phi) is 5.93. The number of halogens is 5. The quantitative estimate of drug-likeness (QED) is 0.435. The molecule has 0 heterocycles. The van der Waals surface area contributed by atoms with Crippen LogP contribution in [-0.2, 0) is 0 Å². The summed E-state index contributed by atoms with van der Waals surface area (Å²) in [6, 6.07) is 7.11. The molecule has 1 N–H and O–H groups in total. The van der Waals surface area contributed by atoms with Crippen LogP contribution in [0.15, 0.2) is 42.5 Å². The first kappa shape index (κ1) is 20.1. The third-order valence-electron chi connectivity index (χ3n) is 3.20. The van der Waals surface area contributed by atoms with Crippen LogP contribution < -0.4 is 10.1 Å². The van der Waals surface area contributed by atoms with E-state index in [0.29, 0.717) is 0 Å². The number of hydrogen-bond donors (Lipinski definition) is 1. The molecule has 0 fully saturated rings. The van der Waals surface area contributed by atoms with Gasteiger partial charge in [0.05, 0.1) is 16.7 Å². The summed E-state index contributed by atoms with van der Waals surface area (Å²) in [5, 5.41) is 13.2. The Morgan fingerprint density at radius 2 is 1.93 bits per heavy atom. The molecule has 0 aromatic heterocycles. The van der Waals surface area contributed by atoms with Crippen LogP contribution in [0.25, 0.3) is 0 Å². The van der Waals surface area contributed by atoms with E-state index in [9.17, 15) is 36.9 Å². The summed E-state index contributed by atoms with van der Waals surface area (Å²) in [6.07, 6.45) is -3.98. The van der Waals surface area contributed by atoms with Gasteiger partial charge in [0, 0.05) is 17.7 Å². The standard InChI is InChI=1S/C16H11F5N2O4/c17-10-3-1-2-9(4-10)14(24)22-11-5-12(23(25)26)7-13(6-11)27-8-16(20,21)15(18)19/h1-7,15H,8H2,(H,22,24). The molecular weight excluding hydrogens is 379 g/mol. The zero-order valence-electron chi connectivity index (χ0n) is 13.3. The molecular formula is C16H11F5N2O4. The minimum Gasteiger partial charge on any atom is -0.487 e. The summed E-state index contributed by atoms with van der Waals surface area (Å²) >= 11 is 0. The van der Waals surface area contributed by atoms with E-state index in [1.54, 1.807) is 0 Å². The SMILES string of the molecule is O=C(Nc1cc(OCC(F)(F)C(F)F)cc([N+](=O)[O-])c1)c1cccc(F)c1. The second kappa shape index (κ2) is 7.98. The summed E-state index contributed by atoms with van der Waals surface area (Å²) in [7, 11) is 0. The Labute approximate surface area is 148 Å². The largest absolute Gasteiger partial charge is 0.487 e. The van der Waals surface area contributed by atoms with E-state index < -0.39 is 47.0 Å². The molecule has 0 aliphatic carbocycles. The lowest BCUT2D eigenvalue weighted by atomic mass is 10.2. The fourth-order valence-electron chi connectivity index (χ4n) is 1.92. The number of non-ortho nitro benzene ring substituents is 1. The fraction of sp³-hybridized carbons (Fsp3) is 0.188. The van der Waals surface area contributed by atoms with Gasteiger partial charge in [0.15, 0.2) is 6.61 Å². The number of alkyl halides is 4. The summed E-state index contributed by atoms with van der Waals surface area (Å²) in [6.45, 7) is -1.72. The number of nitro groups is 1. The van der Waals surface area contributed by atoms with Gasteiger partial charge in [-0.1, -0.05) is 6.07 Å². The molecule has 2 rings (SSSR count). The summed E-state index contributed by atoms with van der Waals surface area (Å²) in [5.74, 6) is -6.52. The van der Waals surface area contributed by atoms with E-state index in [4.69, 9.17) is 0 Å². The topological polar surface area (TPSA) is 81.5 Å². The van der Waals surface area contributed by atoms with E-state index in [-0.39, 0.29) is 11.3 Å². The van der Waals surface area contributed by atoms with Crippen LogP contribution in [0.5, 0.6) is 5.75 Å². The monoisotopic (exact) mass is 390 g/mol. The Balaban J connectivity index is 2.24. The van der Waals surface area contributed by atoms with Gasteiger partial charge in [-0.25, -0.2) is 13.2 Å². The third-order valence-corrected chi connectivity index (χ3v) is 3.20. The lowest BCUT2D eigenvalue weighted by Gasteiger charge is -2.16. The number of amides is 1. The second-order valence-electron chi connectivity index (χ2n) is 5.29.